The second-order valence-corrected chi connectivity index (χ2v) is 4.09. The van der Waals surface area contributed by atoms with E-state index in [1.54, 1.807) is 38.3 Å². The molecular weight excluding hydrogens is 234 g/mol. The molecule has 0 radical (unpaired) electrons. The van der Waals surface area contributed by atoms with Crippen molar-refractivity contribution in [3.8, 4) is 5.75 Å². The zero-order valence-electron chi connectivity index (χ0n) is 10.6. The van der Waals surface area contributed by atoms with E-state index in [1.807, 2.05) is 0 Å². The number of carbonyl (C=O) groups excluding carboxylic acids is 1. The highest BCUT2D eigenvalue weighted by atomic mass is 16.5. The first-order valence-electron chi connectivity index (χ1n) is 5.59. The summed E-state index contributed by atoms with van der Waals surface area (Å²) in [5.74, 6) is -1.12. The Labute approximate surface area is 106 Å². The van der Waals surface area contributed by atoms with Crippen LogP contribution in [-0.4, -0.2) is 30.0 Å². The van der Waals surface area contributed by atoms with Gasteiger partial charge >= 0.3 is 5.97 Å². The number of hydrogen-bond acceptors (Lipinski definition) is 4. The van der Waals surface area contributed by atoms with Gasteiger partial charge in [-0.2, -0.15) is 0 Å². The van der Waals surface area contributed by atoms with E-state index in [1.165, 1.54) is 6.92 Å². The molecule has 0 saturated carbocycles. The van der Waals surface area contributed by atoms with Crippen molar-refractivity contribution in [2.75, 3.05) is 12.4 Å². The van der Waals surface area contributed by atoms with Crippen molar-refractivity contribution in [3.05, 3.63) is 24.3 Å². The highest BCUT2D eigenvalue weighted by molar-refractivity contribution is 5.88. The fourth-order valence-electron chi connectivity index (χ4n) is 1.50. The summed E-state index contributed by atoms with van der Waals surface area (Å²) in [6, 6.07) is 5.93. The zero-order chi connectivity index (χ0) is 13.7. The number of carboxylic acids is 1. The minimum atomic E-state index is -1.05. The summed E-state index contributed by atoms with van der Waals surface area (Å²) in [5, 5.41) is 12.0. The Bertz CT molecular complexity index is 427. The van der Waals surface area contributed by atoms with Crippen LogP contribution in [0.1, 0.15) is 13.8 Å². The predicted molar refractivity (Wildman–Crippen MR) is 67.9 cm³/mol. The van der Waals surface area contributed by atoms with Crippen LogP contribution in [0, 0.1) is 5.92 Å². The highest BCUT2D eigenvalue weighted by Gasteiger charge is 2.27. The summed E-state index contributed by atoms with van der Waals surface area (Å²) in [5.41, 5.74) is 0.635. The number of hydrogen-bond donors (Lipinski definition) is 2. The monoisotopic (exact) mass is 251 g/mol. The molecule has 2 atom stereocenters. The molecule has 5 nitrogen and oxygen atoms in total. The lowest BCUT2D eigenvalue weighted by Gasteiger charge is -2.20. The Balaban J connectivity index is 2.83. The molecule has 0 aliphatic heterocycles. The van der Waals surface area contributed by atoms with Gasteiger partial charge in [0.05, 0.1) is 7.11 Å². The number of nitrogens with one attached hydrogen (secondary N) is 1. The van der Waals surface area contributed by atoms with Crippen LogP contribution in [-0.2, 0) is 9.59 Å². The second kappa shape index (κ2) is 6.05. The van der Waals surface area contributed by atoms with E-state index in [-0.39, 0.29) is 5.78 Å². The molecule has 0 saturated heterocycles. The third kappa shape index (κ3) is 3.48. The van der Waals surface area contributed by atoms with E-state index < -0.39 is 17.9 Å². The number of carboxylic acid groups (broad SMARTS) is 1. The van der Waals surface area contributed by atoms with Crippen molar-refractivity contribution < 1.29 is 19.4 Å². The molecule has 0 aromatic heterocycles. The number of benzene rings is 1. The molecule has 0 bridgehead atoms. The number of anilines is 1. The maximum Gasteiger partial charge on any atom is 0.326 e. The van der Waals surface area contributed by atoms with Gasteiger partial charge in [-0.05, 0) is 31.2 Å². The van der Waals surface area contributed by atoms with Gasteiger partial charge in [-0.15, -0.1) is 0 Å². The van der Waals surface area contributed by atoms with E-state index in [2.05, 4.69) is 5.32 Å². The number of aliphatic carboxylic acids is 1. The number of Topliss-reactive ketones (excluding diaryl/α,β-unsaturated/α-hetero) is 1. The lowest BCUT2D eigenvalue weighted by atomic mass is 9.98. The molecule has 5 heteroatoms. The van der Waals surface area contributed by atoms with Gasteiger partial charge in [-0.25, -0.2) is 4.79 Å². The van der Waals surface area contributed by atoms with Gasteiger partial charge in [-0.1, -0.05) is 6.92 Å². The Morgan fingerprint density at radius 1 is 1.28 bits per heavy atom. The minimum Gasteiger partial charge on any atom is -0.497 e. The van der Waals surface area contributed by atoms with Gasteiger partial charge < -0.3 is 15.2 Å². The first-order valence-corrected chi connectivity index (χ1v) is 5.59. The van der Waals surface area contributed by atoms with Crippen molar-refractivity contribution >= 4 is 17.4 Å². The van der Waals surface area contributed by atoms with Crippen LogP contribution in [0.25, 0.3) is 0 Å². The van der Waals surface area contributed by atoms with Gasteiger partial charge in [0.2, 0.25) is 0 Å². The highest BCUT2D eigenvalue weighted by Crippen LogP contribution is 2.18. The topological polar surface area (TPSA) is 75.6 Å². The molecule has 18 heavy (non-hydrogen) atoms. The summed E-state index contributed by atoms with van der Waals surface area (Å²) < 4.78 is 5.01. The minimum absolute atomic E-state index is 0.164. The molecule has 0 aliphatic carbocycles. The molecule has 0 amide bonds. The van der Waals surface area contributed by atoms with Crippen molar-refractivity contribution in [1.82, 2.24) is 0 Å². The third-order valence-electron chi connectivity index (χ3n) is 2.82. The van der Waals surface area contributed by atoms with Crippen molar-refractivity contribution in [2.45, 2.75) is 19.9 Å². The van der Waals surface area contributed by atoms with Crippen LogP contribution in [0.3, 0.4) is 0 Å². The number of methoxy groups -OCH3 is 1. The largest absolute Gasteiger partial charge is 0.497 e. The summed E-state index contributed by atoms with van der Waals surface area (Å²) in [7, 11) is 1.56. The van der Waals surface area contributed by atoms with Crippen LogP contribution in [0.4, 0.5) is 5.69 Å². The maximum atomic E-state index is 11.3. The smallest absolute Gasteiger partial charge is 0.326 e. The molecule has 1 rings (SSSR count). The molecular formula is C13H17NO4. The third-order valence-corrected chi connectivity index (χ3v) is 2.82. The van der Waals surface area contributed by atoms with Crippen LogP contribution in [0.15, 0.2) is 24.3 Å². The number of ketones is 1. The lowest BCUT2D eigenvalue weighted by Crippen LogP contribution is -2.38. The first-order chi connectivity index (χ1) is 8.45. The Kier molecular flexibility index (Phi) is 4.71. The summed E-state index contributed by atoms with van der Waals surface area (Å²) in [6.45, 7) is 2.98. The van der Waals surface area contributed by atoms with Crippen molar-refractivity contribution in [2.24, 2.45) is 5.92 Å². The average molecular weight is 251 g/mol. The van der Waals surface area contributed by atoms with Crippen LogP contribution >= 0.6 is 0 Å². The van der Waals surface area contributed by atoms with Crippen LogP contribution in [0.2, 0.25) is 0 Å². The standard InChI is InChI=1S/C13H17NO4/c1-8(9(2)15)12(13(16)17)14-10-4-6-11(18-3)7-5-10/h4-8,12,14H,1-3H3,(H,16,17)/t8-,12+/m1/s1. The van der Waals surface area contributed by atoms with Crippen molar-refractivity contribution in [1.29, 1.82) is 0 Å². The molecule has 0 unspecified atom stereocenters. The van der Waals surface area contributed by atoms with Crippen LogP contribution < -0.4 is 10.1 Å². The quantitative estimate of drug-likeness (QED) is 0.806. The molecule has 98 valence electrons. The van der Waals surface area contributed by atoms with Gasteiger partial charge in [0.1, 0.15) is 17.6 Å². The Hall–Kier alpha value is -2.04. The summed E-state index contributed by atoms with van der Waals surface area (Å²) >= 11 is 0. The molecule has 2 N–H and O–H groups in total. The molecule has 0 aliphatic rings. The fourth-order valence-corrected chi connectivity index (χ4v) is 1.50. The average Bonchev–Trinajstić information content (AvgIpc) is 2.35. The number of ether oxygens (including phenoxy) is 1. The molecule has 0 fully saturated rings. The van der Waals surface area contributed by atoms with Crippen molar-refractivity contribution in [3.63, 3.8) is 0 Å². The Morgan fingerprint density at radius 2 is 1.83 bits per heavy atom. The van der Waals surface area contributed by atoms with E-state index in [0.29, 0.717) is 11.4 Å². The molecule has 0 heterocycles. The lowest BCUT2D eigenvalue weighted by molar-refractivity contribution is -0.141. The van der Waals surface area contributed by atoms with Gasteiger partial charge in [0.25, 0.3) is 0 Å². The van der Waals surface area contributed by atoms with E-state index in [4.69, 9.17) is 9.84 Å². The second-order valence-electron chi connectivity index (χ2n) is 4.09. The van der Waals surface area contributed by atoms with E-state index in [0.717, 1.165) is 0 Å². The van der Waals surface area contributed by atoms with E-state index in [9.17, 15) is 9.59 Å². The molecule has 1 aromatic carbocycles. The van der Waals surface area contributed by atoms with Gasteiger partial charge in [0.15, 0.2) is 0 Å². The fraction of sp³-hybridized carbons (Fsp3) is 0.385. The molecule has 1 aromatic rings. The predicted octanol–water partition coefficient (Wildman–Crippen LogP) is 1.79. The van der Waals surface area contributed by atoms with E-state index >= 15 is 0 Å². The SMILES string of the molecule is COc1ccc(N[C@H](C(=O)O)[C@H](C)C(C)=O)cc1. The molecule has 0 spiro atoms. The summed E-state index contributed by atoms with van der Waals surface area (Å²) in [4.78, 5) is 22.4. The normalized spacial score (nSPS) is 13.5. The van der Waals surface area contributed by atoms with Gasteiger partial charge in [-0.3, -0.25) is 4.79 Å². The Morgan fingerprint density at radius 3 is 2.22 bits per heavy atom. The van der Waals surface area contributed by atoms with Gasteiger partial charge in [0, 0.05) is 11.6 Å². The number of rotatable bonds is 6. The van der Waals surface area contributed by atoms with Crippen LogP contribution in [0.5, 0.6) is 5.75 Å². The summed E-state index contributed by atoms with van der Waals surface area (Å²) in [6.07, 6.45) is 0. The number of carbonyl (C=O) groups is 2. The zero-order valence-corrected chi connectivity index (χ0v) is 10.6. The first kappa shape index (κ1) is 14.0. The maximum absolute atomic E-state index is 11.3.